The second kappa shape index (κ2) is 4.08. The molecule has 0 saturated carbocycles. The van der Waals surface area contributed by atoms with Crippen molar-refractivity contribution in [2.75, 3.05) is 0 Å². The first-order valence-electron chi connectivity index (χ1n) is 4.26. The fraction of sp³-hybridized carbons (Fsp3) is 0.100. The largest absolute Gasteiger partial charge is 0.293 e. The Kier molecular flexibility index (Phi) is 2.79. The lowest BCUT2D eigenvalue weighted by Gasteiger charge is -1.99. The van der Waals surface area contributed by atoms with Crippen LogP contribution in [0.3, 0.4) is 0 Å². The monoisotopic (exact) mass is 238 g/mol. The smallest absolute Gasteiger partial charge is 0.178 e. The molecule has 0 aromatic carbocycles. The Morgan fingerprint density at radius 3 is 2.87 bits per heavy atom. The number of aromatic nitrogens is 2. The molecule has 2 aromatic rings. The van der Waals surface area contributed by atoms with E-state index >= 15 is 0 Å². The summed E-state index contributed by atoms with van der Waals surface area (Å²) in [4.78, 5) is 19.4. The van der Waals surface area contributed by atoms with E-state index in [1.54, 1.807) is 12.3 Å². The number of hydrogen-bond acceptors (Lipinski definition) is 4. The zero-order valence-corrected chi connectivity index (χ0v) is 9.47. The summed E-state index contributed by atoms with van der Waals surface area (Å²) in [6, 6.07) is 3.43. The van der Waals surface area contributed by atoms with Crippen LogP contribution in [0.2, 0.25) is 4.34 Å². The fourth-order valence-electron chi connectivity index (χ4n) is 1.14. The van der Waals surface area contributed by atoms with Crippen molar-refractivity contribution in [3.8, 4) is 11.4 Å². The maximum Gasteiger partial charge on any atom is 0.178 e. The van der Waals surface area contributed by atoms with Gasteiger partial charge in [0.15, 0.2) is 11.6 Å². The maximum absolute atomic E-state index is 11.1. The van der Waals surface area contributed by atoms with Crippen LogP contribution in [0.5, 0.6) is 0 Å². The third-order valence-electron chi connectivity index (χ3n) is 1.88. The van der Waals surface area contributed by atoms with Crippen LogP contribution in [0.4, 0.5) is 0 Å². The highest BCUT2D eigenvalue weighted by atomic mass is 35.5. The lowest BCUT2D eigenvalue weighted by atomic mass is 10.2. The molecular weight excluding hydrogens is 232 g/mol. The van der Waals surface area contributed by atoms with Crippen molar-refractivity contribution in [1.82, 2.24) is 9.97 Å². The highest BCUT2D eigenvalue weighted by Gasteiger charge is 2.09. The van der Waals surface area contributed by atoms with E-state index in [2.05, 4.69) is 9.97 Å². The first-order chi connectivity index (χ1) is 7.18. The molecule has 0 bridgehead atoms. The standard InChI is InChI=1S/C10H7ClN2OS/c1-6(14)8-2-4-12-10(13-8)7-3-5-15-9(7)11/h2-5H,1H3. The van der Waals surface area contributed by atoms with Gasteiger partial charge in [-0.1, -0.05) is 11.6 Å². The number of hydrogen-bond donors (Lipinski definition) is 0. The summed E-state index contributed by atoms with van der Waals surface area (Å²) >= 11 is 7.37. The van der Waals surface area contributed by atoms with Gasteiger partial charge in [0.2, 0.25) is 0 Å². The molecule has 76 valence electrons. The molecule has 3 nitrogen and oxygen atoms in total. The molecule has 0 unspecified atom stereocenters. The highest BCUT2D eigenvalue weighted by molar-refractivity contribution is 7.15. The number of carbonyl (C=O) groups is 1. The van der Waals surface area contributed by atoms with E-state index < -0.39 is 0 Å². The minimum absolute atomic E-state index is 0.0787. The number of ketones is 1. The summed E-state index contributed by atoms with van der Waals surface area (Å²) in [5, 5.41) is 1.86. The molecule has 2 heterocycles. The third kappa shape index (κ3) is 2.06. The van der Waals surface area contributed by atoms with E-state index in [1.165, 1.54) is 18.3 Å². The van der Waals surface area contributed by atoms with Gasteiger partial charge in [0.25, 0.3) is 0 Å². The van der Waals surface area contributed by atoms with Crippen LogP contribution in [-0.2, 0) is 0 Å². The number of carbonyl (C=O) groups excluding carboxylic acids is 1. The zero-order valence-electron chi connectivity index (χ0n) is 7.90. The molecule has 0 amide bonds. The van der Waals surface area contributed by atoms with Gasteiger partial charge in [-0.15, -0.1) is 11.3 Å². The minimum Gasteiger partial charge on any atom is -0.293 e. The average Bonchev–Trinajstić information content (AvgIpc) is 2.64. The summed E-state index contributed by atoms with van der Waals surface area (Å²) in [7, 11) is 0. The first-order valence-corrected chi connectivity index (χ1v) is 5.51. The fourth-order valence-corrected chi connectivity index (χ4v) is 2.05. The predicted octanol–water partition coefficient (Wildman–Crippen LogP) is 3.06. The Balaban J connectivity index is 2.50. The predicted molar refractivity (Wildman–Crippen MR) is 60.4 cm³/mol. The van der Waals surface area contributed by atoms with Crippen molar-refractivity contribution >= 4 is 28.7 Å². The van der Waals surface area contributed by atoms with Gasteiger partial charge in [-0.05, 0) is 17.5 Å². The van der Waals surface area contributed by atoms with Crippen LogP contribution in [-0.4, -0.2) is 15.8 Å². The van der Waals surface area contributed by atoms with Crippen molar-refractivity contribution in [2.24, 2.45) is 0 Å². The maximum atomic E-state index is 11.1. The van der Waals surface area contributed by atoms with Gasteiger partial charge in [0.05, 0.1) is 0 Å². The number of halogens is 1. The first kappa shape index (κ1) is 10.3. The molecule has 0 aliphatic heterocycles. The quantitative estimate of drug-likeness (QED) is 0.756. The van der Waals surface area contributed by atoms with Crippen molar-refractivity contribution in [2.45, 2.75) is 6.92 Å². The summed E-state index contributed by atoms with van der Waals surface area (Å²) in [5.74, 6) is 0.416. The van der Waals surface area contributed by atoms with E-state index in [0.29, 0.717) is 15.9 Å². The third-order valence-corrected chi connectivity index (χ3v) is 3.05. The number of rotatable bonds is 2. The van der Waals surface area contributed by atoms with Crippen LogP contribution in [0, 0.1) is 0 Å². The van der Waals surface area contributed by atoms with Crippen molar-refractivity contribution in [3.05, 3.63) is 33.7 Å². The Morgan fingerprint density at radius 1 is 1.47 bits per heavy atom. The Labute approximate surface area is 95.8 Å². The molecule has 15 heavy (non-hydrogen) atoms. The molecule has 0 saturated heterocycles. The molecule has 5 heteroatoms. The van der Waals surface area contributed by atoms with Crippen LogP contribution < -0.4 is 0 Å². The van der Waals surface area contributed by atoms with Crippen LogP contribution in [0.1, 0.15) is 17.4 Å². The van der Waals surface area contributed by atoms with Crippen molar-refractivity contribution in [1.29, 1.82) is 0 Å². The van der Waals surface area contributed by atoms with Crippen LogP contribution in [0.25, 0.3) is 11.4 Å². The van der Waals surface area contributed by atoms with E-state index in [0.717, 1.165) is 5.56 Å². The molecule has 0 aliphatic rings. The van der Waals surface area contributed by atoms with Gasteiger partial charge in [0, 0.05) is 18.7 Å². The summed E-state index contributed by atoms with van der Waals surface area (Å²) < 4.78 is 0.635. The van der Waals surface area contributed by atoms with E-state index in [9.17, 15) is 4.79 Å². The van der Waals surface area contributed by atoms with Gasteiger partial charge in [-0.25, -0.2) is 9.97 Å². The lowest BCUT2D eigenvalue weighted by Crippen LogP contribution is -1.99. The summed E-state index contributed by atoms with van der Waals surface area (Å²) in [6.07, 6.45) is 1.56. The Bertz CT molecular complexity index is 510. The second-order valence-corrected chi connectivity index (χ2v) is 4.45. The van der Waals surface area contributed by atoms with Gasteiger partial charge < -0.3 is 0 Å². The van der Waals surface area contributed by atoms with Gasteiger partial charge in [-0.3, -0.25) is 4.79 Å². The van der Waals surface area contributed by atoms with Crippen molar-refractivity contribution < 1.29 is 4.79 Å². The van der Waals surface area contributed by atoms with E-state index in [-0.39, 0.29) is 5.78 Å². The van der Waals surface area contributed by atoms with Crippen molar-refractivity contribution in [3.63, 3.8) is 0 Å². The number of nitrogens with zero attached hydrogens (tertiary/aromatic N) is 2. The molecule has 0 atom stereocenters. The SMILES string of the molecule is CC(=O)c1ccnc(-c2ccsc2Cl)n1. The van der Waals surface area contributed by atoms with Gasteiger partial charge in [-0.2, -0.15) is 0 Å². The van der Waals surface area contributed by atoms with Crippen LogP contribution >= 0.6 is 22.9 Å². The molecule has 0 spiro atoms. The highest BCUT2D eigenvalue weighted by Crippen LogP contribution is 2.30. The zero-order chi connectivity index (χ0) is 10.8. The van der Waals surface area contributed by atoms with Gasteiger partial charge >= 0.3 is 0 Å². The molecule has 0 fully saturated rings. The molecule has 0 radical (unpaired) electrons. The summed E-state index contributed by atoms with van der Waals surface area (Å²) in [6.45, 7) is 1.47. The molecule has 2 aromatic heterocycles. The number of thiophene rings is 1. The minimum atomic E-state index is -0.0787. The molecular formula is C10H7ClN2OS. The lowest BCUT2D eigenvalue weighted by molar-refractivity contribution is 0.101. The second-order valence-electron chi connectivity index (χ2n) is 2.93. The normalized spacial score (nSPS) is 10.3. The Hall–Kier alpha value is -1.26. The van der Waals surface area contributed by atoms with Gasteiger partial charge in [0.1, 0.15) is 10.0 Å². The average molecular weight is 239 g/mol. The van der Waals surface area contributed by atoms with E-state index in [1.807, 2.05) is 11.4 Å². The number of Topliss-reactive ketones (excluding diaryl/α,β-unsaturated/α-hetero) is 1. The Morgan fingerprint density at radius 2 is 2.27 bits per heavy atom. The molecule has 2 rings (SSSR count). The summed E-state index contributed by atoms with van der Waals surface area (Å²) in [5.41, 5.74) is 1.17. The molecule has 0 aliphatic carbocycles. The van der Waals surface area contributed by atoms with E-state index in [4.69, 9.17) is 11.6 Å². The molecule has 0 N–H and O–H groups in total. The van der Waals surface area contributed by atoms with Crippen LogP contribution in [0.15, 0.2) is 23.7 Å². The topological polar surface area (TPSA) is 42.9 Å².